The zero-order valence-corrected chi connectivity index (χ0v) is 25.5. The number of hydrogen-bond acceptors (Lipinski definition) is 8. The van der Waals surface area contributed by atoms with Gasteiger partial charge in [0.05, 0.1) is 17.8 Å². The molecule has 0 spiro atoms. The fourth-order valence-electron chi connectivity index (χ4n) is 6.74. The average molecular weight is 577 g/mol. The van der Waals surface area contributed by atoms with Gasteiger partial charge in [0.25, 0.3) is 0 Å². The van der Waals surface area contributed by atoms with Gasteiger partial charge in [-0.05, 0) is 93.5 Å². The first kappa shape index (κ1) is 28.1. The first-order chi connectivity index (χ1) is 19.7. The van der Waals surface area contributed by atoms with Crippen LogP contribution in [0.1, 0.15) is 62.8 Å². The van der Waals surface area contributed by atoms with E-state index >= 15 is 0 Å². The van der Waals surface area contributed by atoms with E-state index < -0.39 is 5.60 Å². The molecule has 0 radical (unpaired) electrons. The minimum Gasteiger partial charge on any atom is -0.468 e. The second kappa shape index (κ2) is 11.3. The minimum atomic E-state index is -0.496. The van der Waals surface area contributed by atoms with Crippen molar-refractivity contribution in [1.29, 1.82) is 0 Å². The van der Waals surface area contributed by atoms with Crippen LogP contribution in [0.5, 0.6) is 5.75 Å². The second-order valence-corrected chi connectivity index (χ2v) is 13.1. The molecule has 2 fully saturated rings. The van der Waals surface area contributed by atoms with Gasteiger partial charge >= 0.3 is 6.09 Å². The molecule has 2 aliphatic heterocycles. The van der Waals surface area contributed by atoms with E-state index in [1.165, 1.54) is 21.9 Å². The smallest absolute Gasteiger partial charge is 0.410 e. The first-order valence-electron chi connectivity index (χ1n) is 14.6. The van der Waals surface area contributed by atoms with Crippen molar-refractivity contribution in [3.05, 3.63) is 53.2 Å². The minimum absolute atomic E-state index is 0.143. The Morgan fingerprint density at radius 2 is 1.83 bits per heavy atom. The number of benzene rings is 2. The molecule has 0 N–H and O–H groups in total. The van der Waals surface area contributed by atoms with Gasteiger partial charge in [0, 0.05) is 25.8 Å². The molecule has 3 aliphatic rings. The van der Waals surface area contributed by atoms with Gasteiger partial charge in [0.15, 0.2) is 11.9 Å². The number of hydrogen-bond donors (Lipinski definition) is 0. The van der Waals surface area contributed by atoms with E-state index in [0.717, 1.165) is 67.6 Å². The number of rotatable bonds is 6. The quantitative estimate of drug-likeness (QED) is 0.195. The highest BCUT2D eigenvalue weighted by Crippen LogP contribution is 2.42. The number of fused-ring (bicyclic) bond motifs is 4. The summed E-state index contributed by atoms with van der Waals surface area (Å²) in [7, 11) is 1.64. The molecular weight excluding hydrogens is 536 g/mol. The van der Waals surface area contributed by atoms with E-state index in [0.29, 0.717) is 5.92 Å². The summed E-state index contributed by atoms with van der Waals surface area (Å²) in [5.74, 6) is 2.22. The van der Waals surface area contributed by atoms with Crippen LogP contribution in [0.3, 0.4) is 0 Å². The van der Waals surface area contributed by atoms with Crippen molar-refractivity contribution >= 4 is 34.4 Å². The van der Waals surface area contributed by atoms with Crippen LogP contribution < -0.4 is 9.64 Å². The largest absolute Gasteiger partial charge is 0.468 e. The molecule has 2 aromatic carbocycles. The maximum absolute atomic E-state index is 13.0. The third kappa shape index (κ3) is 5.71. The number of ether oxygens (including phenoxy) is 3. The number of nitrogens with zero attached hydrogens (tertiary/aromatic N) is 4. The van der Waals surface area contributed by atoms with E-state index in [9.17, 15) is 4.79 Å². The molecule has 1 aliphatic carbocycles. The predicted octanol–water partition coefficient (Wildman–Crippen LogP) is 6.20. The lowest BCUT2D eigenvalue weighted by Crippen LogP contribution is -2.57. The van der Waals surface area contributed by atoms with Crippen LogP contribution in [0, 0.1) is 0 Å². The molecule has 9 heteroatoms. The van der Waals surface area contributed by atoms with Gasteiger partial charge in [-0.2, -0.15) is 0 Å². The topological polar surface area (TPSA) is 77.0 Å². The van der Waals surface area contributed by atoms with Crippen LogP contribution in [-0.2, 0) is 22.3 Å². The van der Waals surface area contributed by atoms with Crippen LogP contribution >= 0.6 is 11.8 Å². The van der Waals surface area contributed by atoms with Crippen molar-refractivity contribution in [2.75, 3.05) is 38.1 Å². The number of aromatic nitrogens is 2. The summed E-state index contributed by atoms with van der Waals surface area (Å²) >= 11 is 1.59. The normalized spacial score (nSPS) is 22.1. The maximum atomic E-state index is 13.0. The Kier molecular flexibility index (Phi) is 7.76. The van der Waals surface area contributed by atoms with E-state index in [1.54, 1.807) is 18.9 Å². The molecular formula is C32H40N4O4S. The lowest BCUT2D eigenvalue weighted by Gasteiger charge is -2.42. The van der Waals surface area contributed by atoms with Gasteiger partial charge in [-0.25, -0.2) is 14.8 Å². The zero-order chi connectivity index (χ0) is 28.7. The number of carbonyl (C=O) groups excluding carboxylic acids is 1. The Bertz CT molecular complexity index is 1430. The lowest BCUT2D eigenvalue weighted by molar-refractivity contribution is 0.0122. The Hall–Kier alpha value is -3.04. The molecule has 218 valence electrons. The van der Waals surface area contributed by atoms with E-state index in [1.807, 2.05) is 31.9 Å². The molecule has 6 rings (SSSR count). The van der Waals surface area contributed by atoms with Crippen LogP contribution in [-0.4, -0.2) is 71.9 Å². The van der Waals surface area contributed by atoms with Crippen molar-refractivity contribution < 1.29 is 19.0 Å². The predicted molar refractivity (Wildman–Crippen MR) is 162 cm³/mol. The summed E-state index contributed by atoms with van der Waals surface area (Å²) in [6.07, 6.45) is 6.65. The van der Waals surface area contributed by atoms with Crippen LogP contribution in [0.25, 0.3) is 10.8 Å². The van der Waals surface area contributed by atoms with Crippen molar-refractivity contribution in [2.24, 2.45) is 0 Å². The molecule has 3 atom stereocenters. The summed E-state index contributed by atoms with van der Waals surface area (Å²) in [5, 5.41) is 3.25. The van der Waals surface area contributed by atoms with Gasteiger partial charge in [0.1, 0.15) is 17.2 Å². The van der Waals surface area contributed by atoms with Gasteiger partial charge < -0.3 is 19.1 Å². The Morgan fingerprint density at radius 3 is 2.54 bits per heavy atom. The molecule has 41 heavy (non-hydrogen) atoms. The monoisotopic (exact) mass is 576 g/mol. The molecule has 1 aromatic heterocycles. The van der Waals surface area contributed by atoms with E-state index in [4.69, 9.17) is 24.2 Å². The molecule has 0 saturated carbocycles. The Balaban J connectivity index is 1.29. The van der Waals surface area contributed by atoms with Gasteiger partial charge in [-0.15, -0.1) is 0 Å². The molecule has 8 nitrogen and oxygen atoms in total. The third-order valence-electron chi connectivity index (χ3n) is 8.45. The third-order valence-corrected chi connectivity index (χ3v) is 9.00. The molecule has 3 heterocycles. The highest BCUT2D eigenvalue weighted by Gasteiger charge is 2.45. The molecule has 1 amide bonds. The summed E-state index contributed by atoms with van der Waals surface area (Å²) in [4.78, 5) is 27.5. The fourth-order valence-corrected chi connectivity index (χ4v) is 7.12. The van der Waals surface area contributed by atoms with Crippen LogP contribution in [0.15, 0.2) is 41.6 Å². The summed E-state index contributed by atoms with van der Waals surface area (Å²) in [6, 6.07) is 13.1. The Labute approximate surface area is 246 Å². The number of anilines is 1. The van der Waals surface area contributed by atoms with Crippen LogP contribution in [0.2, 0.25) is 0 Å². The SMILES string of the molecule is COCOc1cc(C2CCc3c(nc(SC)nc3N3CC4CCC(C3)N4C(=O)OC(C)(C)C)C2)c2ccccc2c1. The fraction of sp³-hybridized carbons (Fsp3) is 0.531. The van der Waals surface area contributed by atoms with Crippen molar-refractivity contribution in [1.82, 2.24) is 14.9 Å². The number of carbonyl (C=O) groups is 1. The van der Waals surface area contributed by atoms with Crippen LogP contribution in [0.4, 0.5) is 10.6 Å². The van der Waals surface area contributed by atoms with Gasteiger partial charge in [-0.1, -0.05) is 36.0 Å². The number of amides is 1. The molecule has 3 aromatic rings. The molecule has 2 bridgehead atoms. The highest BCUT2D eigenvalue weighted by atomic mass is 32.2. The van der Waals surface area contributed by atoms with E-state index in [2.05, 4.69) is 41.3 Å². The van der Waals surface area contributed by atoms with Crippen molar-refractivity contribution in [3.63, 3.8) is 0 Å². The number of piperazine rings is 1. The summed E-state index contributed by atoms with van der Waals surface area (Å²) in [6.45, 7) is 7.57. The van der Waals surface area contributed by atoms with Crippen molar-refractivity contribution in [3.8, 4) is 5.75 Å². The summed E-state index contributed by atoms with van der Waals surface area (Å²) < 4.78 is 16.8. The standard InChI is InChI=1S/C32H40N4O4S/c1-32(2,3)40-31(37)36-22-11-12-23(36)18-35(17-22)29-26-13-10-21(15-28(26)33-30(34-29)41-5)27-16-24(39-19-38-4)14-20-8-6-7-9-25(20)27/h6-9,14,16,21-23H,10-13,15,17-19H2,1-5H3. The zero-order valence-electron chi connectivity index (χ0n) is 24.7. The number of thioether (sulfide) groups is 1. The molecule has 3 unspecified atom stereocenters. The van der Waals surface area contributed by atoms with Gasteiger partial charge in [-0.3, -0.25) is 4.90 Å². The average Bonchev–Trinajstić information content (AvgIpc) is 3.23. The molecule has 2 saturated heterocycles. The number of methoxy groups -OCH3 is 1. The summed E-state index contributed by atoms with van der Waals surface area (Å²) in [5.41, 5.74) is 3.21. The lowest BCUT2D eigenvalue weighted by atomic mass is 9.80. The Morgan fingerprint density at radius 1 is 1.07 bits per heavy atom. The first-order valence-corrected chi connectivity index (χ1v) is 15.8. The van der Waals surface area contributed by atoms with Gasteiger partial charge in [0.2, 0.25) is 0 Å². The highest BCUT2D eigenvalue weighted by molar-refractivity contribution is 7.98. The van der Waals surface area contributed by atoms with Crippen molar-refractivity contribution in [2.45, 2.75) is 81.6 Å². The maximum Gasteiger partial charge on any atom is 0.410 e. The second-order valence-electron chi connectivity index (χ2n) is 12.4. The van der Waals surface area contributed by atoms with E-state index in [-0.39, 0.29) is 25.0 Å².